The Morgan fingerprint density at radius 3 is 3.00 bits per heavy atom. The van der Waals surface area contributed by atoms with Gasteiger partial charge < -0.3 is 9.88 Å². The summed E-state index contributed by atoms with van der Waals surface area (Å²) in [5.41, 5.74) is 1.38. The van der Waals surface area contributed by atoms with Gasteiger partial charge in [0.05, 0.1) is 23.5 Å². The van der Waals surface area contributed by atoms with Crippen molar-refractivity contribution in [3.05, 3.63) is 51.6 Å². The zero-order valence-corrected chi connectivity index (χ0v) is 11.1. The average molecular weight is 281 g/mol. The van der Waals surface area contributed by atoms with Gasteiger partial charge in [0.1, 0.15) is 5.69 Å². The lowest BCUT2D eigenvalue weighted by Gasteiger charge is -2.09. The SMILES string of the molecule is CCn1cncc1CNc1ccc(Cl)cc1[N+](=O)[O-]. The van der Waals surface area contributed by atoms with E-state index >= 15 is 0 Å². The summed E-state index contributed by atoms with van der Waals surface area (Å²) in [5.74, 6) is 0. The van der Waals surface area contributed by atoms with E-state index in [0.717, 1.165) is 12.2 Å². The standard InChI is InChI=1S/C12H13ClN4O2/c1-2-16-8-14-6-10(16)7-15-11-4-3-9(13)5-12(11)17(18)19/h3-6,8,15H,2,7H2,1H3. The molecule has 7 heteroatoms. The van der Waals surface area contributed by atoms with Crippen molar-refractivity contribution in [1.82, 2.24) is 9.55 Å². The Morgan fingerprint density at radius 1 is 1.53 bits per heavy atom. The Morgan fingerprint density at radius 2 is 2.32 bits per heavy atom. The van der Waals surface area contributed by atoms with E-state index in [1.165, 1.54) is 6.07 Å². The molecule has 0 atom stereocenters. The van der Waals surface area contributed by atoms with Gasteiger partial charge in [-0.15, -0.1) is 0 Å². The third-order valence-corrected chi connectivity index (χ3v) is 2.99. The number of nitrogens with zero attached hydrogens (tertiary/aromatic N) is 3. The molecule has 6 nitrogen and oxygen atoms in total. The topological polar surface area (TPSA) is 73.0 Å². The van der Waals surface area contributed by atoms with Crippen molar-refractivity contribution in [3.63, 3.8) is 0 Å². The van der Waals surface area contributed by atoms with Crippen molar-refractivity contribution in [2.45, 2.75) is 20.0 Å². The van der Waals surface area contributed by atoms with Crippen molar-refractivity contribution in [2.24, 2.45) is 0 Å². The summed E-state index contributed by atoms with van der Waals surface area (Å²) in [7, 11) is 0. The molecule has 0 aliphatic heterocycles. The largest absolute Gasteiger partial charge is 0.374 e. The first-order valence-electron chi connectivity index (χ1n) is 5.78. The summed E-state index contributed by atoms with van der Waals surface area (Å²) in [4.78, 5) is 14.5. The fourth-order valence-electron chi connectivity index (χ4n) is 1.77. The Hall–Kier alpha value is -2.08. The molecule has 0 fully saturated rings. The summed E-state index contributed by atoms with van der Waals surface area (Å²) < 4.78 is 1.97. The third kappa shape index (κ3) is 3.03. The van der Waals surface area contributed by atoms with Crippen LogP contribution in [0.15, 0.2) is 30.7 Å². The van der Waals surface area contributed by atoms with Gasteiger partial charge in [0.2, 0.25) is 0 Å². The van der Waals surface area contributed by atoms with Crippen LogP contribution in [0, 0.1) is 10.1 Å². The number of aryl methyl sites for hydroxylation is 1. The highest BCUT2D eigenvalue weighted by molar-refractivity contribution is 6.30. The Bertz CT molecular complexity index is 597. The van der Waals surface area contributed by atoms with E-state index < -0.39 is 4.92 Å². The van der Waals surface area contributed by atoms with Gasteiger partial charge in [-0.2, -0.15) is 0 Å². The minimum Gasteiger partial charge on any atom is -0.374 e. The highest BCUT2D eigenvalue weighted by Crippen LogP contribution is 2.28. The van der Waals surface area contributed by atoms with Gasteiger partial charge in [-0.1, -0.05) is 11.6 Å². The molecule has 100 valence electrons. The summed E-state index contributed by atoms with van der Waals surface area (Å²) in [6.45, 7) is 3.28. The van der Waals surface area contributed by atoms with Crippen LogP contribution < -0.4 is 5.32 Å². The van der Waals surface area contributed by atoms with E-state index in [9.17, 15) is 10.1 Å². The Labute approximate surface area is 115 Å². The number of hydrogen-bond donors (Lipinski definition) is 1. The van der Waals surface area contributed by atoms with E-state index in [0.29, 0.717) is 17.3 Å². The molecule has 1 aromatic heterocycles. The average Bonchev–Trinajstić information content (AvgIpc) is 2.84. The number of rotatable bonds is 5. The minimum absolute atomic E-state index is 0.0323. The molecule has 2 rings (SSSR count). The minimum atomic E-state index is -0.453. The molecular weight excluding hydrogens is 268 g/mol. The second-order valence-corrected chi connectivity index (χ2v) is 4.38. The number of nitro benzene ring substituents is 1. The highest BCUT2D eigenvalue weighted by atomic mass is 35.5. The maximum Gasteiger partial charge on any atom is 0.293 e. The quantitative estimate of drug-likeness (QED) is 0.675. The Kier molecular flexibility index (Phi) is 4.01. The number of benzene rings is 1. The predicted molar refractivity (Wildman–Crippen MR) is 73.3 cm³/mol. The second-order valence-electron chi connectivity index (χ2n) is 3.94. The normalized spacial score (nSPS) is 10.4. The molecule has 2 aromatic rings. The molecule has 0 amide bonds. The first kappa shape index (κ1) is 13.4. The molecule has 0 aliphatic rings. The molecule has 0 unspecified atom stereocenters. The van der Waals surface area contributed by atoms with Gasteiger partial charge >= 0.3 is 0 Å². The molecule has 1 heterocycles. The molecule has 0 saturated carbocycles. The van der Waals surface area contributed by atoms with Gasteiger partial charge in [-0.25, -0.2) is 4.98 Å². The maximum absolute atomic E-state index is 10.9. The summed E-state index contributed by atoms with van der Waals surface area (Å²) in [5, 5.41) is 14.3. The van der Waals surface area contributed by atoms with E-state index in [-0.39, 0.29) is 5.69 Å². The number of imidazole rings is 1. The van der Waals surface area contributed by atoms with E-state index in [1.807, 2.05) is 11.5 Å². The first-order valence-corrected chi connectivity index (χ1v) is 6.16. The molecule has 0 saturated heterocycles. The molecule has 0 spiro atoms. The van der Waals surface area contributed by atoms with Crippen LogP contribution in [0.3, 0.4) is 0 Å². The smallest absolute Gasteiger partial charge is 0.293 e. The van der Waals surface area contributed by atoms with Crippen LogP contribution >= 0.6 is 11.6 Å². The fraction of sp³-hybridized carbons (Fsp3) is 0.250. The monoisotopic (exact) mass is 280 g/mol. The van der Waals surface area contributed by atoms with Gasteiger partial charge in [-0.05, 0) is 19.1 Å². The van der Waals surface area contributed by atoms with Gasteiger partial charge in [0.25, 0.3) is 5.69 Å². The number of aromatic nitrogens is 2. The highest BCUT2D eigenvalue weighted by Gasteiger charge is 2.14. The predicted octanol–water partition coefficient (Wildman–Crippen LogP) is 3.08. The van der Waals surface area contributed by atoms with Crippen molar-refractivity contribution in [1.29, 1.82) is 0 Å². The van der Waals surface area contributed by atoms with Crippen LogP contribution in [0.1, 0.15) is 12.6 Å². The molecule has 19 heavy (non-hydrogen) atoms. The number of halogens is 1. The lowest BCUT2D eigenvalue weighted by Crippen LogP contribution is -2.07. The van der Waals surface area contributed by atoms with Crippen LogP contribution in [0.25, 0.3) is 0 Å². The summed E-state index contributed by atoms with van der Waals surface area (Å²) in [6.07, 6.45) is 3.46. The Balaban J connectivity index is 2.18. The molecule has 1 N–H and O–H groups in total. The number of anilines is 1. The van der Waals surface area contributed by atoms with Crippen LogP contribution in [0.5, 0.6) is 0 Å². The van der Waals surface area contributed by atoms with Crippen molar-refractivity contribution < 1.29 is 4.92 Å². The van der Waals surface area contributed by atoms with Crippen molar-refractivity contribution in [3.8, 4) is 0 Å². The van der Waals surface area contributed by atoms with Crippen LogP contribution in [-0.2, 0) is 13.1 Å². The van der Waals surface area contributed by atoms with Gasteiger partial charge in [0, 0.05) is 23.8 Å². The van der Waals surface area contributed by atoms with E-state index in [4.69, 9.17) is 11.6 Å². The number of nitrogens with one attached hydrogen (secondary N) is 1. The zero-order chi connectivity index (χ0) is 13.8. The fourth-order valence-corrected chi connectivity index (χ4v) is 1.94. The lowest BCUT2D eigenvalue weighted by atomic mass is 10.2. The first-order chi connectivity index (χ1) is 9.11. The van der Waals surface area contributed by atoms with Crippen molar-refractivity contribution in [2.75, 3.05) is 5.32 Å². The van der Waals surface area contributed by atoms with Crippen LogP contribution in [-0.4, -0.2) is 14.5 Å². The van der Waals surface area contributed by atoms with Gasteiger partial charge in [-0.3, -0.25) is 10.1 Å². The molecule has 0 bridgehead atoms. The van der Waals surface area contributed by atoms with E-state index in [1.54, 1.807) is 24.7 Å². The number of hydrogen-bond acceptors (Lipinski definition) is 4. The lowest BCUT2D eigenvalue weighted by molar-refractivity contribution is -0.383. The van der Waals surface area contributed by atoms with Crippen molar-refractivity contribution >= 4 is 23.0 Å². The third-order valence-electron chi connectivity index (χ3n) is 2.76. The molecular formula is C12H13ClN4O2. The number of nitro groups is 1. The molecule has 0 radical (unpaired) electrons. The zero-order valence-electron chi connectivity index (χ0n) is 10.3. The molecule has 0 aliphatic carbocycles. The summed E-state index contributed by atoms with van der Waals surface area (Å²) in [6, 6.07) is 4.56. The second kappa shape index (κ2) is 5.71. The van der Waals surface area contributed by atoms with Gasteiger partial charge in [0.15, 0.2) is 0 Å². The van der Waals surface area contributed by atoms with E-state index in [2.05, 4.69) is 10.3 Å². The maximum atomic E-state index is 10.9. The summed E-state index contributed by atoms with van der Waals surface area (Å²) >= 11 is 5.76. The van der Waals surface area contributed by atoms with Crippen LogP contribution in [0.4, 0.5) is 11.4 Å². The molecule has 1 aromatic carbocycles. The van der Waals surface area contributed by atoms with Crippen LogP contribution in [0.2, 0.25) is 5.02 Å².